The monoisotopic (exact) mass is 338 g/mol. The first-order valence-electron chi connectivity index (χ1n) is 8.22. The van der Waals surface area contributed by atoms with E-state index in [1.807, 2.05) is 29.2 Å². The molecule has 2 aliphatic rings. The molecule has 5 nitrogen and oxygen atoms in total. The molecule has 1 N–H and O–H groups in total. The number of rotatable bonds is 5. The molecule has 2 aliphatic heterocycles. The fourth-order valence-corrected chi connectivity index (χ4v) is 3.69. The molecule has 0 spiro atoms. The lowest BCUT2D eigenvalue weighted by atomic mass is 10.0. The zero-order chi connectivity index (χ0) is 16.2. The van der Waals surface area contributed by atoms with Gasteiger partial charge in [-0.3, -0.25) is 9.69 Å². The molecule has 2 saturated heterocycles. The van der Waals surface area contributed by atoms with Crippen LogP contribution >= 0.6 is 11.6 Å². The maximum atomic E-state index is 12.8. The first-order chi connectivity index (χ1) is 11.2. The van der Waals surface area contributed by atoms with Gasteiger partial charge in [0.05, 0.1) is 25.4 Å². The lowest BCUT2D eigenvalue weighted by Gasteiger charge is -2.35. The van der Waals surface area contributed by atoms with E-state index >= 15 is 0 Å². The van der Waals surface area contributed by atoms with Crippen LogP contribution in [0.3, 0.4) is 0 Å². The molecule has 2 heterocycles. The Hall–Kier alpha value is -1.14. The second-order valence-electron chi connectivity index (χ2n) is 6.13. The van der Waals surface area contributed by atoms with Crippen molar-refractivity contribution in [3.63, 3.8) is 0 Å². The summed E-state index contributed by atoms with van der Waals surface area (Å²) >= 11 is 6.04. The van der Waals surface area contributed by atoms with E-state index in [4.69, 9.17) is 21.4 Å². The van der Waals surface area contributed by atoms with Gasteiger partial charge in [0.15, 0.2) is 0 Å². The van der Waals surface area contributed by atoms with Crippen LogP contribution in [0, 0.1) is 0 Å². The summed E-state index contributed by atoms with van der Waals surface area (Å²) in [6.07, 6.45) is 2.97. The van der Waals surface area contributed by atoms with Crippen molar-refractivity contribution in [1.29, 1.82) is 0 Å². The molecule has 23 heavy (non-hydrogen) atoms. The Morgan fingerprint density at radius 3 is 2.96 bits per heavy atom. The Labute approximate surface area is 141 Å². The van der Waals surface area contributed by atoms with Gasteiger partial charge in [-0.1, -0.05) is 17.7 Å². The molecule has 0 aromatic heterocycles. The number of aliphatic hydroxyl groups is 1. The molecular weight excluding hydrogens is 316 g/mol. The second kappa shape index (κ2) is 7.62. The van der Waals surface area contributed by atoms with Crippen LogP contribution < -0.4 is 4.90 Å². The molecule has 2 atom stereocenters. The SMILES string of the molecule is O=C1[C@H](N2CCC[C@H](OCCO)C2)CCN1c1cccc(Cl)c1. The van der Waals surface area contributed by atoms with Gasteiger partial charge in [0.1, 0.15) is 0 Å². The maximum Gasteiger partial charge on any atom is 0.244 e. The normalized spacial score (nSPS) is 26.0. The lowest BCUT2D eigenvalue weighted by molar-refractivity contribution is -0.123. The Morgan fingerprint density at radius 2 is 2.17 bits per heavy atom. The number of halogens is 1. The average Bonchev–Trinajstić information content (AvgIpc) is 2.95. The van der Waals surface area contributed by atoms with E-state index in [9.17, 15) is 4.79 Å². The number of nitrogens with zero attached hydrogens (tertiary/aromatic N) is 2. The number of benzene rings is 1. The van der Waals surface area contributed by atoms with Crippen molar-refractivity contribution in [2.45, 2.75) is 31.4 Å². The number of ether oxygens (including phenoxy) is 1. The molecule has 126 valence electrons. The zero-order valence-electron chi connectivity index (χ0n) is 13.2. The van der Waals surface area contributed by atoms with Crippen molar-refractivity contribution in [1.82, 2.24) is 4.90 Å². The maximum absolute atomic E-state index is 12.8. The average molecular weight is 339 g/mol. The van der Waals surface area contributed by atoms with E-state index in [0.29, 0.717) is 11.6 Å². The molecule has 0 bridgehead atoms. The molecule has 0 saturated carbocycles. The lowest BCUT2D eigenvalue weighted by Crippen LogP contribution is -2.49. The number of hydrogen-bond donors (Lipinski definition) is 1. The number of likely N-dealkylation sites (tertiary alicyclic amines) is 1. The van der Waals surface area contributed by atoms with Gasteiger partial charge in [0.2, 0.25) is 5.91 Å². The highest BCUT2D eigenvalue weighted by atomic mass is 35.5. The van der Waals surface area contributed by atoms with Crippen LogP contribution in [0.15, 0.2) is 24.3 Å². The molecule has 3 rings (SSSR count). The summed E-state index contributed by atoms with van der Waals surface area (Å²) in [7, 11) is 0. The highest BCUT2D eigenvalue weighted by Crippen LogP contribution is 2.28. The number of aliphatic hydroxyl groups excluding tert-OH is 1. The second-order valence-corrected chi connectivity index (χ2v) is 6.56. The predicted molar refractivity (Wildman–Crippen MR) is 89.8 cm³/mol. The van der Waals surface area contributed by atoms with Crippen molar-refractivity contribution < 1.29 is 14.6 Å². The van der Waals surface area contributed by atoms with Gasteiger partial charge >= 0.3 is 0 Å². The summed E-state index contributed by atoms with van der Waals surface area (Å²) in [5.74, 6) is 0.148. The minimum atomic E-state index is -0.0745. The van der Waals surface area contributed by atoms with Crippen LogP contribution in [0.2, 0.25) is 5.02 Å². The number of amides is 1. The molecule has 1 aromatic carbocycles. The smallest absolute Gasteiger partial charge is 0.244 e. The minimum absolute atomic E-state index is 0.0431. The van der Waals surface area contributed by atoms with E-state index < -0.39 is 0 Å². The Kier molecular flexibility index (Phi) is 5.54. The molecule has 0 radical (unpaired) electrons. The van der Waals surface area contributed by atoms with Crippen molar-refractivity contribution in [3.8, 4) is 0 Å². The van der Waals surface area contributed by atoms with Crippen LogP contribution in [0.25, 0.3) is 0 Å². The number of anilines is 1. The largest absolute Gasteiger partial charge is 0.394 e. The Bertz CT molecular complexity index is 554. The third-order valence-electron chi connectivity index (χ3n) is 4.59. The highest BCUT2D eigenvalue weighted by Gasteiger charge is 2.38. The standard InChI is InChI=1S/C17H23ClN2O3/c18-13-3-1-4-14(11-13)20-8-6-16(17(20)22)19-7-2-5-15(12-19)23-10-9-21/h1,3-4,11,15-16,21H,2,5-10,12H2/t15-,16+/m0/s1. The van der Waals surface area contributed by atoms with E-state index in [1.165, 1.54) is 0 Å². The molecule has 1 amide bonds. The predicted octanol–water partition coefficient (Wildman–Crippen LogP) is 1.92. The topological polar surface area (TPSA) is 53.0 Å². The Morgan fingerprint density at radius 1 is 1.30 bits per heavy atom. The van der Waals surface area contributed by atoms with Crippen LogP contribution in [-0.2, 0) is 9.53 Å². The molecule has 1 aromatic rings. The van der Waals surface area contributed by atoms with Gasteiger partial charge in [-0.2, -0.15) is 0 Å². The van der Waals surface area contributed by atoms with Gasteiger partial charge in [-0.05, 0) is 44.0 Å². The summed E-state index contributed by atoms with van der Waals surface area (Å²) in [6.45, 7) is 2.83. The van der Waals surface area contributed by atoms with E-state index in [2.05, 4.69) is 4.90 Å². The van der Waals surface area contributed by atoms with Gasteiger partial charge in [0.25, 0.3) is 0 Å². The van der Waals surface area contributed by atoms with E-state index in [0.717, 1.165) is 44.6 Å². The summed E-state index contributed by atoms with van der Waals surface area (Å²) < 4.78 is 5.65. The van der Waals surface area contributed by atoms with Crippen LogP contribution in [0.4, 0.5) is 5.69 Å². The number of carbonyl (C=O) groups is 1. The van der Waals surface area contributed by atoms with E-state index in [1.54, 1.807) is 0 Å². The highest BCUT2D eigenvalue weighted by molar-refractivity contribution is 6.30. The van der Waals surface area contributed by atoms with Gasteiger partial charge < -0.3 is 14.7 Å². The van der Waals surface area contributed by atoms with Crippen molar-refractivity contribution >= 4 is 23.2 Å². The Balaban J connectivity index is 1.64. The van der Waals surface area contributed by atoms with Gasteiger partial charge in [-0.15, -0.1) is 0 Å². The van der Waals surface area contributed by atoms with Crippen molar-refractivity contribution in [2.75, 3.05) is 37.7 Å². The first kappa shape index (κ1) is 16.7. The molecule has 0 unspecified atom stereocenters. The number of hydrogen-bond acceptors (Lipinski definition) is 4. The summed E-state index contributed by atoms with van der Waals surface area (Å²) in [4.78, 5) is 16.9. The molecule has 2 fully saturated rings. The van der Waals surface area contributed by atoms with Crippen LogP contribution in [0.1, 0.15) is 19.3 Å². The summed E-state index contributed by atoms with van der Waals surface area (Å²) in [6, 6.07) is 7.38. The minimum Gasteiger partial charge on any atom is -0.394 e. The number of carbonyl (C=O) groups excluding carboxylic acids is 1. The van der Waals surface area contributed by atoms with Gasteiger partial charge in [-0.25, -0.2) is 0 Å². The molecular formula is C17H23ClN2O3. The molecule has 6 heteroatoms. The fraction of sp³-hybridized carbons (Fsp3) is 0.588. The molecule has 0 aliphatic carbocycles. The summed E-state index contributed by atoms with van der Waals surface area (Å²) in [5.41, 5.74) is 0.870. The third-order valence-corrected chi connectivity index (χ3v) is 4.83. The quantitative estimate of drug-likeness (QED) is 0.891. The van der Waals surface area contributed by atoms with Crippen molar-refractivity contribution in [3.05, 3.63) is 29.3 Å². The van der Waals surface area contributed by atoms with Crippen LogP contribution in [0.5, 0.6) is 0 Å². The van der Waals surface area contributed by atoms with Crippen molar-refractivity contribution in [2.24, 2.45) is 0 Å². The van der Waals surface area contributed by atoms with Crippen LogP contribution in [-0.4, -0.2) is 60.9 Å². The first-order valence-corrected chi connectivity index (χ1v) is 8.60. The zero-order valence-corrected chi connectivity index (χ0v) is 13.9. The third kappa shape index (κ3) is 3.86. The van der Waals surface area contributed by atoms with Gasteiger partial charge in [0, 0.05) is 23.8 Å². The summed E-state index contributed by atoms with van der Waals surface area (Å²) in [5, 5.41) is 9.54. The number of piperidine rings is 1. The fourth-order valence-electron chi connectivity index (χ4n) is 3.51. The van der Waals surface area contributed by atoms with E-state index in [-0.39, 0.29) is 24.7 Å².